The zero-order valence-electron chi connectivity index (χ0n) is 13.4. The van der Waals surface area contributed by atoms with Gasteiger partial charge in [0.1, 0.15) is 17.3 Å². The molecule has 23 heavy (non-hydrogen) atoms. The predicted molar refractivity (Wildman–Crippen MR) is 83.1 cm³/mol. The van der Waals surface area contributed by atoms with Gasteiger partial charge in [0.2, 0.25) is 10.0 Å². The van der Waals surface area contributed by atoms with Gasteiger partial charge in [-0.2, -0.15) is 4.31 Å². The Morgan fingerprint density at radius 1 is 1.22 bits per heavy atom. The van der Waals surface area contributed by atoms with Gasteiger partial charge in [-0.25, -0.2) is 13.2 Å². The Balaban J connectivity index is 1.93. The summed E-state index contributed by atoms with van der Waals surface area (Å²) in [5.74, 6) is 0.342. The first kappa shape index (κ1) is 16.1. The van der Waals surface area contributed by atoms with Crippen LogP contribution in [0.2, 0.25) is 0 Å². The van der Waals surface area contributed by atoms with E-state index in [1.165, 1.54) is 11.4 Å². The summed E-state index contributed by atoms with van der Waals surface area (Å²) in [7, 11) is -2.22. The van der Waals surface area contributed by atoms with Gasteiger partial charge >= 0.3 is 6.09 Å². The van der Waals surface area contributed by atoms with Crippen LogP contribution in [-0.4, -0.2) is 63.1 Å². The Kier molecular flexibility index (Phi) is 3.97. The summed E-state index contributed by atoms with van der Waals surface area (Å²) < 4.78 is 37.7. The Morgan fingerprint density at radius 2 is 1.91 bits per heavy atom. The van der Waals surface area contributed by atoms with Crippen LogP contribution in [0.5, 0.6) is 5.75 Å². The third kappa shape index (κ3) is 2.66. The van der Waals surface area contributed by atoms with Gasteiger partial charge in [-0.15, -0.1) is 0 Å². The number of carbonyl (C=O) groups excluding carboxylic acids is 1. The van der Waals surface area contributed by atoms with E-state index in [0.717, 1.165) is 11.1 Å². The van der Waals surface area contributed by atoms with Crippen LogP contribution in [0.4, 0.5) is 4.79 Å². The second-order valence-corrected chi connectivity index (χ2v) is 7.78. The van der Waals surface area contributed by atoms with Crippen molar-refractivity contribution in [2.24, 2.45) is 0 Å². The minimum absolute atomic E-state index is 0.168. The van der Waals surface area contributed by atoms with Gasteiger partial charge in [-0.3, -0.25) is 4.90 Å². The number of fused-ring (bicyclic) bond motifs is 1. The van der Waals surface area contributed by atoms with Crippen LogP contribution in [0, 0.1) is 13.8 Å². The van der Waals surface area contributed by atoms with Gasteiger partial charge in [0.15, 0.2) is 0 Å². The van der Waals surface area contributed by atoms with Crippen molar-refractivity contribution in [3.63, 3.8) is 0 Å². The highest BCUT2D eigenvalue weighted by molar-refractivity contribution is 7.89. The summed E-state index contributed by atoms with van der Waals surface area (Å²) in [5, 5.41) is 0. The molecule has 3 rings (SSSR count). The maximum atomic E-state index is 13.0. The molecule has 2 heterocycles. The number of ether oxygens (including phenoxy) is 2. The molecule has 0 saturated carbocycles. The molecule has 7 nitrogen and oxygen atoms in total. The number of sulfonamides is 1. The minimum Gasteiger partial charge on any atom is -0.495 e. The molecule has 1 unspecified atom stereocenters. The van der Waals surface area contributed by atoms with Gasteiger partial charge < -0.3 is 9.47 Å². The summed E-state index contributed by atoms with van der Waals surface area (Å²) in [6, 6.07) is 3.16. The molecule has 2 aliphatic heterocycles. The Labute approximate surface area is 135 Å². The van der Waals surface area contributed by atoms with E-state index in [9.17, 15) is 13.2 Å². The second-order valence-electron chi connectivity index (χ2n) is 5.87. The third-order valence-electron chi connectivity index (χ3n) is 4.48. The molecule has 1 amide bonds. The lowest BCUT2D eigenvalue weighted by molar-refractivity contribution is 0.147. The molecule has 1 atom stereocenters. The van der Waals surface area contributed by atoms with Crippen LogP contribution in [0.15, 0.2) is 17.0 Å². The fourth-order valence-electron chi connectivity index (χ4n) is 2.94. The SMILES string of the molecule is COc1cc(C)c(C)cc1S(=O)(=O)N1CCN2C(=O)OCC2C1. The highest BCUT2D eigenvalue weighted by atomic mass is 32.2. The smallest absolute Gasteiger partial charge is 0.410 e. The number of benzene rings is 1. The summed E-state index contributed by atoms with van der Waals surface area (Å²) in [5.41, 5.74) is 1.86. The number of hydrogen-bond donors (Lipinski definition) is 0. The molecule has 0 radical (unpaired) electrons. The third-order valence-corrected chi connectivity index (χ3v) is 6.36. The normalized spacial score (nSPS) is 22.0. The lowest BCUT2D eigenvalue weighted by atomic mass is 10.1. The highest BCUT2D eigenvalue weighted by Gasteiger charge is 2.41. The van der Waals surface area contributed by atoms with Crippen LogP contribution < -0.4 is 4.74 Å². The van der Waals surface area contributed by atoms with E-state index < -0.39 is 10.0 Å². The van der Waals surface area contributed by atoms with Crippen molar-refractivity contribution >= 4 is 16.1 Å². The molecule has 0 spiro atoms. The number of amides is 1. The molecule has 0 N–H and O–H groups in total. The minimum atomic E-state index is -3.69. The molecular formula is C15H20N2O5S. The Hall–Kier alpha value is -1.80. The first-order chi connectivity index (χ1) is 10.8. The number of nitrogens with zero attached hydrogens (tertiary/aromatic N) is 2. The number of rotatable bonds is 3. The topological polar surface area (TPSA) is 76.2 Å². The zero-order chi connectivity index (χ0) is 16.8. The Morgan fingerprint density at radius 3 is 2.61 bits per heavy atom. The fraction of sp³-hybridized carbons (Fsp3) is 0.533. The zero-order valence-corrected chi connectivity index (χ0v) is 14.2. The average Bonchev–Trinajstić information content (AvgIpc) is 2.90. The first-order valence-electron chi connectivity index (χ1n) is 7.43. The standard InChI is InChI=1S/C15H20N2O5S/c1-10-6-13(21-3)14(7-11(10)2)23(19,20)16-4-5-17-12(8-16)9-22-15(17)18/h6-7,12H,4-5,8-9H2,1-3H3. The maximum Gasteiger partial charge on any atom is 0.410 e. The molecule has 0 bridgehead atoms. The molecular weight excluding hydrogens is 320 g/mol. The molecule has 2 saturated heterocycles. The molecule has 2 aliphatic rings. The van der Waals surface area contributed by atoms with Crippen molar-refractivity contribution in [2.75, 3.05) is 33.4 Å². The molecule has 1 aromatic rings. The van der Waals surface area contributed by atoms with Crippen molar-refractivity contribution in [1.29, 1.82) is 0 Å². The average molecular weight is 340 g/mol. The number of cyclic esters (lactones) is 1. The van der Waals surface area contributed by atoms with E-state index in [1.54, 1.807) is 17.0 Å². The van der Waals surface area contributed by atoms with Gasteiger partial charge in [0, 0.05) is 19.6 Å². The summed E-state index contributed by atoms with van der Waals surface area (Å²) in [6.07, 6.45) is -0.365. The van der Waals surface area contributed by atoms with Gasteiger partial charge in [-0.05, 0) is 37.1 Å². The van der Waals surface area contributed by atoms with Crippen molar-refractivity contribution in [1.82, 2.24) is 9.21 Å². The number of carbonyl (C=O) groups is 1. The van der Waals surface area contributed by atoms with Gasteiger partial charge in [0.25, 0.3) is 0 Å². The Bertz CT molecular complexity index is 746. The monoisotopic (exact) mass is 340 g/mol. The summed E-state index contributed by atoms with van der Waals surface area (Å²) in [6.45, 7) is 4.85. The first-order valence-corrected chi connectivity index (χ1v) is 8.87. The largest absolute Gasteiger partial charge is 0.495 e. The van der Waals surface area contributed by atoms with Crippen molar-refractivity contribution in [3.05, 3.63) is 23.3 Å². The van der Waals surface area contributed by atoms with E-state index in [-0.39, 0.29) is 36.7 Å². The fourth-order valence-corrected chi connectivity index (χ4v) is 4.63. The molecule has 1 aromatic carbocycles. The molecule has 126 valence electrons. The molecule has 2 fully saturated rings. The predicted octanol–water partition coefficient (Wildman–Crippen LogP) is 1.14. The highest BCUT2D eigenvalue weighted by Crippen LogP contribution is 2.31. The van der Waals surface area contributed by atoms with Crippen molar-refractivity contribution in [3.8, 4) is 5.75 Å². The van der Waals surface area contributed by atoms with E-state index in [2.05, 4.69) is 0 Å². The summed E-state index contributed by atoms with van der Waals surface area (Å²) in [4.78, 5) is 13.3. The summed E-state index contributed by atoms with van der Waals surface area (Å²) >= 11 is 0. The van der Waals surface area contributed by atoms with E-state index in [1.807, 2.05) is 13.8 Å². The molecule has 0 aromatic heterocycles. The van der Waals surface area contributed by atoms with E-state index in [0.29, 0.717) is 12.3 Å². The van der Waals surface area contributed by atoms with Crippen LogP contribution in [0.25, 0.3) is 0 Å². The maximum absolute atomic E-state index is 13.0. The van der Waals surface area contributed by atoms with Crippen LogP contribution in [-0.2, 0) is 14.8 Å². The lowest BCUT2D eigenvalue weighted by Crippen LogP contribution is -2.53. The second kappa shape index (κ2) is 5.68. The number of methoxy groups -OCH3 is 1. The molecule has 8 heteroatoms. The van der Waals surface area contributed by atoms with Crippen LogP contribution >= 0.6 is 0 Å². The molecule has 0 aliphatic carbocycles. The van der Waals surface area contributed by atoms with Gasteiger partial charge in [-0.1, -0.05) is 0 Å². The quantitative estimate of drug-likeness (QED) is 0.825. The van der Waals surface area contributed by atoms with E-state index >= 15 is 0 Å². The number of piperazine rings is 1. The van der Waals surface area contributed by atoms with Crippen molar-refractivity contribution in [2.45, 2.75) is 24.8 Å². The van der Waals surface area contributed by atoms with Crippen LogP contribution in [0.3, 0.4) is 0 Å². The van der Waals surface area contributed by atoms with E-state index in [4.69, 9.17) is 9.47 Å². The van der Waals surface area contributed by atoms with Gasteiger partial charge in [0.05, 0.1) is 13.2 Å². The number of hydrogen-bond acceptors (Lipinski definition) is 5. The van der Waals surface area contributed by atoms with Crippen molar-refractivity contribution < 1.29 is 22.7 Å². The van der Waals surface area contributed by atoms with Crippen LogP contribution in [0.1, 0.15) is 11.1 Å². The lowest BCUT2D eigenvalue weighted by Gasteiger charge is -2.34. The number of aryl methyl sites for hydroxylation is 2.